The Balaban J connectivity index is 2.85. The van der Waals surface area contributed by atoms with Crippen LogP contribution in [0.3, 0.4) is 0 Å². The summed E-state index contributed by atoms with van der Waals surface area (Å²) in [6, 6.07) is 7.43. The molecule has 0 bridgehead atoms. The maximum Gasteiger partial charge on any atom is 0.121 e. The number of fused-ring (bicyclic) bond motifs is 1. The molecule has 3 nitrogen and oxygen atoms in total. The molecule has 1 N–H and O–H groups in total. The second kappa shape index (κ2) is 3.11. The van der Waals surface area contributed by atoms with Gasteiger partial charge < -0.3 is 5.11 Å². The lowest BCUT2D eigenvalue weighted by molar-refractivity contribution is 0.235. The Morgan fingerprint density at radius 1 is 1.38 bits per heavy atom. The standard InChI is InChI=1S/C10H9NO2/c12-9-6-5-7-3-1-2-4-8(7)10(9)11-13/h1-5,9,12H,6H2. The summed E-state index contributed by atoms with van der Waals surface area (Å²) in [5, 5.41) is 14.0. The van der Waals surface area contributed by atoms with Crippen molar-refractivity contribution in [3.8, 4) is 0 Å². The summed E-state index contributed by atoms with van der Waals surface area (Å²) in [6.07, 6.45) is 1.64. The maximum atomic E-state index is 10.5. The van der Waals surface area contributed by atoms with Crippen molar-refractivity contribution in [1.82, 2.24) is 0 Å². The highest BCUT2D eigenvalue weighted by Gasteiger charge is 2.14. The Morgan fingerprint density at radius 2 is 2.15 bits per heavy atom. The molecular formula is C10H9NO2. The molecule has 0 aromatic heterocycles. The minimum atomic E-state index is -0.743. The normalized spacial score (nSPS) is 20.4. The minimum absolute atomic E-state index is 0.248. The molecular weight excluding hydrogens is 166 g/mol. The molecule has 66 valence electrons. The van der Waals surface area contributed by atoms with Gasteiger partial charge in [0, 0.05) is 5.22 Å². The molecule has 0 radical (unpaired) electrons. The fourth-order valence-corrected chi connectivity index (χ4v) is 1.55. The Bertz CT molecular complexity index is 450. The van der Waals surface area contributed by atoms with E-state index in [0.717, 1.165) is 10.4 Å². The summed E-state index contributed by atoms with van der Waals surface area (Å²) in [4.78, 5) is 10.5. The summed E-state index contributed by atoms with van der Waals surface area (Å²) in [5.41, 5.74) is 0.248. The van der Waals surface area contributed by atoms with Gasteiger partial charge in [-0.2, -0.15) is 0 Å². The SMILES string of the molecule is O=NC1=c2ccccc2=CCC1O. The molecule has 1 aromatic carbocycles. The molecule has 0 saturated heterocycles. The third-order valence-corrected chi connectivity index (χ3v) is 2.21. The second-order valence-electron chi connectivity index (χ2n) is 3.02. The Hall–Kier alpha value is -1.48. The van der Waals surface area contributed by atoms with Crippen LogP contribution in [-0.4, -0.2) is 11.2 Å². The highest BCUT2D eigenvalue weighted by Crippen LogP contribution is 2.09. The van der Waals surface area contributed by atoms with E-state index >= 15 is 0 Å². The number of aliphatic hydroxyl groups is 1. The van der Waals surface area contributed by atoms with Crippen molar-refractivity contribution >= 4 is 11.8 Å². The summed E-state index contributed by atoms with van der Waals surface area (Å²) >= 11 is 0. The van der Waals surface area contributed by atoms with Gasteiger partial charge >= 0.3 is 0 Å². The van der Waals surface area contributed by atoms with Crippen LogP contribution in [0, 0.1) is 4.91 Å². The fraction of sp³-hybridized carbons (Fsp3) is 0.200. The van der Waals surface area contributed by atoms with E-state index in [1.165, 1.54) is 0 Å². The molecule has 0 saturated carbocycles. The minimum Gasteiger partial charge on any atom is -0.386 e. The van der Waals surface area contributed by atoms with Crippen molar-refractivity contribution in [3.05, 3.63) is 39.6 Å². The third kappa shape index (κ3) is 1.27. The van der Waals surface area contributed by atoms with Crippen molar-refractivity contribution in [2.24, 2.45) is 5.18 Å². The number of hydrogen-bond donors (Lipinski definition) is 1. The first kappa shape index (κ1) is 8.13. The van der Waals surface area contributed by atoms with Crippen LogP contribution in [0.1, 0.15) is 6.42 Å². The first-order chi connectivity index (χ1) is 6.33. The molecule has 2 rings (SSSR count). The van der Waals surface area contributed by atoms with Crippen LogP contribution < -0.4 is 10.4 Å². The van der Waals surface area contributed by atoms with Crippen molar-refractivity contribution in [3.63, 3.8) is 0 Å². The quantitative estimate of drug-likeness (QED) is 0.616. The van der Waals surface area contributed by atoms with Crippen molar-refractivity contribution in [2.75, 3.05) is 0 Å². The van der Waals surface area contributed by atoms with E-state index in [9.17, 15) is 10.0 Å². The number of nitrogens with zero attached hydrogens (tertiary/aromatic N) is 1. The molecule has 1 aliphatic carbocycles. The molecule has 1 atom stereocenters. The van der Waals surface area contributed by atoms with Gasteiger partial charge in [-0.1, -0.05) is 30.3 Å². The van der Waals surface area contributed by atoms with Gasteiger partial charge in [-0.25, -0.2) is 0 Å². The number of rotatable bonds is 1. The van der Waals surface area contributed by atoms with Gasteiger partial charge in [-0.05, 0) is 16.8 Å². The lowest BCUT2D eigenvalue weighted by atomic mass is 10.0. The first-order valence-corrected chi connectivity index (χ1v) is 4.14. The van der Waals surface area contributed by atoms with Crippen LogP contribution in [0.4, 0.5) is 0 Å². The van der Waals surface area contributed by atoms with Crippen LogP contribution >= 0.6 is 0 Å². The molecule has 1 aliphatic rings. The van der Waals surface area contributed by atoms with Gasteiger partial charge in [0.2, 0.25) is 0 Å². The average molecular weight is 175 g/mol. The zero-order valence-electron chi connectivity index (χ0n) is 6.97. The summed E-state index contributed by atoms with van der Waals surface area (Å²) in [5.74, 6) is 0. The van der Waals surface area contributed by atoms with E-state index in [1.54, 1.807) is 6.07 Å². The van der Waals surface area contributed by atoms with Crippen LogP contribution in [0.2, 0.25) is 0 Å². The van der Waals surface area contributed by atoms with E-state index in [4.69, 9.17) is 0 Å². The van der Waals surface area contributed by atoms with E-state index in [2.05, 4.69) is 5.18 Å². The van der Waals surface area contributed by atoms with E-state index in [-0.39, 0.29) is 5.70 Å². The maximum absolute atomic E-state index is 10.5. The molecule has 13 heavy (non-hydrogen) atoms. The van der Waals surface area contributed by atoms with Crippen LogP contribution in [0.5, 0.6) is 0 Å². The van der Waals surface area contributed by atoms with Gasteiger partial charge in [0.25, 0.3) is 0 Å². The predicted octanol–water partition coefficient (Wildman–Crippen LogP) is 0.106. The topological polar surface area (TPSA) is 49.7 Å². The summed E-state index contributed by atoms with van der Waals surface area (Å²) in [7, 11) is 0. The van der Waals surface area contributed by atoms with Gasteiger partial charge in [0.15, 0.2) is 0 Å². The summed E-state index contributed by atoms with van der Waals surface area (Å²) in [6.45, 7) is 0. The van der Waals surface area contributed by atoms with E-state index in [0.29, 0.717) is 6.42 Å². The van der Waals surface area contributed by atoms with Gasteiger partial charge in [-0.15, -0.1) is 4.91 Å². The fourth-order valence-electron chi connectivity index (χ4n) is 1.55. The number of hydrogen-bond acceptors (Lipinski definition) is 3. The van der Waals surface area contributed by atoms with Gasteiger partial charge in [0.1, 0.15) is 11.8 Å². The highest BCUT2D eigenvalue weighted by molar-refractivity contribution is 5.53. The van der Waals surface area contributed by atoms with Crippen molar-refractivity contribution in [2.45, 2.75) is 12.5 Å². The van der Waals surface area contributed by atoms with Crippen LogP contribution in [0.25, 0.3) is 11.8 Å². The van der Waals surface area contributed by atoms with Gasteiger partial charge in [0.05, 0.1) is 0 Å². The third-order valence-electron chi connectivity index (χ3n) is 2.21. The molecule has 0 fully saturated rings. The van der Waals surface area contributed by atoms with E-state index < -0.39 is 6.10 Å². The number of benzene rings is 1. The molecule has 1 unspecified atom stereocenters. The van der Waals surface area contributed by atoms with Crippen LogP contribution in [0.15, 0.2) is 29.4 Å². The monoisotopic (exact) mass is 175 g/mol. The van der Waals surface area contributed by atoms with Gasteiger partial charge in [-0.3, -0.25) is 0 Å². The number of nitroso groups, excluding NO2 is 1. The molecule has 0 aliphatic heterocycles. The molecule has 0 amide bonds. The Labute approximate surface area is 75.0 Å². The predicted molar refractivity (Wildman–Crippen MR) is 50.0 cm³/mol. The second-order valence-corrected chi connectivity index (χ2v) is 3.02. The van der Waals surface area contributed by atoms with Crippen molar-refractivity contribution in [1.29, 1.82) is 0 Å². The molecule has 0 heterocycles. The lowest BCUT2D eigenvalue weighted by Gasteiger charge is -2.10. The van der Waals surface area contributed by atoms with E-state index in [1.807, 2.05) is 24.3 Å². The largest absolute Gasteiger partial charge is 0.386 e. The Kier molecular flexibility index (Phi) is 1.94. The smallest absolute Gasteiger partial charge is 0.121 e. The average Bonchev–Trinajstić information content (AvgIpc) is 2.18. The molecule has 0 spiro atoms. The summed E-state index contributed by atoms with van der Waals surface area (Å²) < 4.78 is 0. The first-order valence-electron chi connectivity index (χ1n) is 4.14. The number of aliphatic hydroxyl groups excluding tert-OH is 1. The molecule has 3 heteroatoms. The Morgan fingerprint density at radius 3 is 2.92 bits per heavy atom. The molecule has 1 aromatic rings. The van der Waals surface area contributed by atoms with Crippen molar-refractivity contribution < 1.29 is 5.11 Å². The van der Waals surface area contributed by atoms with Crippen LogP contribution in [-0.2, 0) is 0 Å². The lowest BCUT2D eigenvalue weighted by Crippen LogP contribution is -2.33. The zero-order chi connectivity index (χ0) is 9.26. The highest BCUT2D eigenvalue weighted by atomic mass is 16.3. The zero-order valence-corrected chi connectivity index (χ0v) is 6.97.